The Kier molecular flexibility index (Phi) is 7.71. The van der Waals surface area contributed by atoms with Gasteiger partial charge >= 0.3 is 5.97 Å². The van der Waals surface area contributed by atoms with Gasteiger partial charge in [0.25, 0.3) is 0 Å². The third-order valence-electron chi connectivity index (χ3n) is 5.13. The van der Waals surface area contributed by atoms with Gasteiger partial charge in [-0.15, -0.1) is 10.2 Å². The number of esters is 1. The molecule has 0 aliphatic rings. The summed E-state index contributed by atoms with van der Waals surface area (Å²) in [5, 5.41) is 25.4. The maximum Gasteiger partial charge on any atom is 0.338 e. The van der Waals surface area contributed by atoms with E-state index in [1.165, 1.54) is 4.57 Å². The molecule has 0 atom stereocenters. The monoisotopic (exact) mass is 505 g/mol. The van der Waals surface area contributed by atoms with Crippen LogP contribution in [0.3, 0.4) is 0 Å². The molecule has 0 spiro atoms. The summed E-state index contributed by atoms with van der Waals surface area (Å²) >= 11 is 5.19. The molecule has 2 heterocycles. The van der Waals surface area contributed by atoms with E-state index in [2.05, 4.69) is 20.9 Å². The van der Waals surface area contributed by atoms with E-state index in [1.54, 1.807) is 73.9 Å². The van der Waals surface area contributed by atoms with Crippen molar-refractivity contribution in [2.75, 3.05) is 11.9 Å². The molecule has 184 valence electrons. The van der Waals surface area contributed by atoms with Crippen LogP contribution in [0.15, 0.2) is 81.6 Å². The number of azo groups is 1. The minimum Gasteiger partial charge on any atom is -0.493 e. The molecule has 3 N–H and O–H groups in total. The first-order valence-corrected chi connectivity index (χ1v) is 11.5. The van der Waals surface area contributed by atoms with Gasteiger partial charge in [-0.3, -0.25) is 4.79 Å². The summed E-state index contributed by atoms with van der Waals surface area (Å²) in [4.78, 5) is 24.5. The van der Waals surface area contributed by atoms with Gasteiger partial charge in [-0.2, -0.15) is 0 Å². The zero-order valence-corrected chi connectivity index (χ0v) is 20.1. The first-order valence-electron chi connectivity index (χ1n) is 11.1. The number of rotatable bonds is 8. The van der Waals surface area contributed by atoms with E-state index < -0.39 is 5.97 Å². The van der Waals surface area contributed by atoms with Crippen LogP contribution in [0.4, 0.5) is 11.4 Å². The molecule has 2 aromatic heterocycles. The normalized spacial score (nSPS) is 11.0. The molecule has 4 rings (SSSR count). The Morgan fingerprint density at radius 2 is 1.89 bits per heavy atom. The van der Waals surface area contributed by atoms with E-state index in [-0.39, 0.29) is 35.7 Å². The van der Waals surface area contributed by atoms with Gasteiger partial charge in [-0.05, 0) is 61.6 Å². The number of carbonyl (C=O) groups excluding carboxylic acids is 2. The second-order valence-electron chi connectivity index (χ2n) is 7.56. The van der Waals surface area contributed by atoms with Crippen molar-refractivity contribution in [3.63, 3.8) is 0 Å². The van der Waals surface area contributed by atoms with Gasteiger partial charge < -0.3 is 29.5 Å². The number of ether oxygens (including phenoxy) is 1. The van der Waals surface area contributed by atoms with E-state index in [4.69, 9.17) is 21.4 Å². The molecule has 2 aromatic carbocycles. The van der Waals surface area contributed by atoms with Gasteiger partial charge in [0.1, 0.15) is 12.3 Å². The summed E-state index contributed by atoms with van der Waals surface area (Å²) in [7, 11) is 0. The number of furan rings is 1. The molecular weight excluding hydrogens is 482 g/mol. The number of anilines is 1. The van der Waals surface area contributed by atoms with Gasteiger partial charge in [0.15, 0.2) is 5.69 Å². The number of fused-ring (bicyclic) bond motifs is 1. The van der Waals surface area contributed by atoms with E-state index >= 15 is 0 Å². The van der Waals surface area contributed by atoms with Gasteiger partial charge in [-0.25, -0.2) is 4.79 Å². The Morgan fingerprint density at radius 3 is 2.61 bits per heavy atom. The summed E-state index contributed by atoms with van der Waals surface area (Å²) in [5.74, 6) is -0.347. The fourth-order valence-electron chi connectivity index (χ4n) is 3.49. The summed E-state index contributed by atoms with van der Waals surface area (Å²) in [5.41, 5.74) is 1.68. The van der Waals surface area contributed by atoms with Crippen LogP contribution < -0.4 is 10.6 Å². The molecule has 1 amide bonds. The second kappa shape index (κ2) is 11.3. The van der Waals surface area contributed by atoms with E-state index in [9.17, 15) is 14.7 Å². The number of aromatic hydroxyl groups is 1. The predicted octanol–water partition coefficient (Wildman–Crippen LogP) is 4.91. The topological polar surface area (TPSA) is 130 Å². The minimum absolute atomic E-state index is 0.117. The predicted molar refractivity (Wildman–Crippen MR) is 137 cm³/mol. The van der Waals surface area contributed by atoms with Gasteiger partial charge in [-0.1, -0.05) is 18.2 Å². The van der Waals surface area contributed by atoms with E-state index in [1.807, 2.05) is 0 Å². The van der Waals surface area contributed by atoms with Crippen LogP contribution in [0.5, 0.6) is 5.88 Å². The second-order valence-corrected chi connectivity index (χ2v) is 7.95. The molecule has 4 aromatic rings. The Labute approximate surface area is 211 Å². The zero-order valence-electron chi connectivity index (χ0n) is 19.3. The average molecular weight is 506 g/mol. The van der Waals surface area contributed by atoms with Crippen LogP contribution in [0.2, 0.25) is 0 Å². The van der Waals surface area contributed by atoms with Gasteiger partial charge in [0.2, 0.25) is 16.9 Å². The average Bonchev–Trinajstić information content (AvgIpc) is 3.49. The number of nitrogens with one attached hydrogen (secondary N) is 2. The van der Waals surface area contributed by atoms with Crippen molar-refractivity contribution in [3.05, 3.63) is 78.3 Å². The maximum absolute atomic E-state index is 12.7. The Morgan fingerprint density at radius 1 is 1.11 bits per heavy atom. The van der Waals surface area contributed by atoms with Crippen molar-refractivity contribution >= 4 is 51.5 Å². The number of benzene rings is 2. The third-order valence-corrected chi connectivity index (χ3v) is 5.36. The quantitative estimate of drug-likeness (QED) is 0.176. The summed E-state index contributed by atoms with van der Waals surface area (Å²) in [6.45, 7) is 2.18. The standard InChI is InChI=1S/C25H23N5O5S/c1-2-34-24(33)16-9-11-17(12-10-16)27-21(31)15-30-20-8-4-3-7-19(20)22(23(30)32)28-29-25(36)26-14-18-6-5-13-35-18/h3-13,32H,2,14-15H2,1H3,(H,26,36)(H,27,31). The molecule has 0 bridgehead atoms. The number of hydrogen-bond acceptors (Lipinski definition) is 7. The lowest BCUT2D eigenvalue weighted by molar-refractivity contribution is -0.116. The molecule has 0 radical (unpaired) electrons. The molecule has 0 aliphatic heterocycles. The smallest absolute Gasteiger partial charge is 0.338 e. The number of carbonyl (C=O) groups is 2. The van der Waals surface area contributed by atoms with Gasteiger partial charge in [0.05, 0.1) is 30.5 Å². The van der Waals surface area contributed by atoms with Crippen molar-refractivity contribution < 1.29 is 23.8 Å². The number of amides is 1. The highest BCUT2D eigenvalue weighted by Crippen LogP contribution is 2.38. The van der Waals surface area contributed by atoms with Gasteiger partial charge in [0, 0.05) is 11.1 Å². The molecule has 36 heavy (non-hydrogen) atoms. The van der Waals surface area contributed by atoms with Crippen LogP contribution in [-0.2, 0) is 22.6 Å². The SMILES string of the molecule is CCOC(=O)c1ccc(NC(=O)Cn2c(O)c(N=NC(=S)NCc3ccco3)c3ccccc32)cc1. The molecule has 10 nitrogen and oxygen atoms in total. The molecule has 0 saturated carbocycles. The summed E-state index contributed by atoms with van der Waals surface area (Å²) in [6, 6.07) is 17.0. The molecule has 11 heteroatoms. The first kappa shape index (κ1) is 24.6. The number of aromatic nitrogens is 1. The highest BCUT2D eigenvalue weighted by Gasteiger charge is 2.19. The maximum atomic E-state index is 12.7. The highest BCUT2D eigenvalue weighted by atomic mass is 32.1. The summed E-state index contributed by atoms with van der Waals surface area (Å²) in [6.07, 6.45) is 1.56. The lowest BCUT2D eigenvalue weighted by atomic mass is 10.2. The molecule has 0 saturated heterocycles. The van der Waals surface area contributed by atoms with Crippen LogP contribution >= 0.6 is 12.2 Å². The molecular formula is C25H23N5O5S. The van der Waals surface area contributed by atoms with Crippen molar-refractivity contribution in [3.8, 4) is 5.88 Å². The van der Waals surface area contributed by atoms with Crippen molar-refractivity contribution in [2.24, 2.45) is 10.2 Å². The third kappa shape index (κ3) is 5.76. The Balaban J connectivity index is 1.47. The molecule has 0 aliphatic carbocycles. The van der Waals surface area contributed by atoms with Crippen LogP contribution in [0.25, 0.3) is 10.9 Å². The summed E-state index contributed by atoms with van der Waals surface area (Å²) < 4.78 is 11.6. The Bertz CT molecular complexity index is 1410. The number of para-hydroxylation sites is 1. The van der Waals surface area contributed by atoms with Crippen LogP contribution in [0, 0.1) is 0 Å². The molecule has 0 unspecified atom stereocenters. The van der Waals surface area contributed by atoms with Crippen molar-refractivity contribution in [2.45, 2.75) is 20.0 Å². The number of hydrogen-bond donors (Lipinski definition) is 3. The highest BCUT2D eigenvalue weighted by molar-refractivity contribution is 7.80. The fourth-order valence-corrected chi connectivity index (χ4v) is 3.60. The van der Waals surface area contributed by atoms with E-state index in [0.717, 1.165) is 0 Å². The van der Waals surface area contributed by atoms with Crippen LogP contribution in [0.1, 0.15) is 23.0 Å². The van der Waals surface area contributed by atoms with E-state index in [0.29, 0.717) is 34.5 Å². The van der Waals surface area contributed by atoms with Crippen molar-refractivity contribution in [1.29, 1.82) is 0 Å². The largest absolute Gasteiger partial charge is 0.493 e. The fraction of sp³-hybridized carbons (Fsp3) is 0.160. The first-order chi connectivity index (χ1) is 17.5. The number of thiocarbonyl (C=S) groups is 1. The number of nitrogens with zero attached hydrogens (tertiary/aromatic N) is 3. The minimum atomic E-state index is -0.434. The lowest BCUT2D eigenvalue weighted by Crippen LogP contribution is -2.18. The lowest BCUT2D eigenvalue weighted by Gasteiger charge is -2.09. The van der Waals surface area contributed by atoms with Crippen molar-refractivity contribution in [1.82, 2.24) is 9.88 Å². The molecule has 0 fully saturated rings. The zero-order chi connectivity index (χ0) is 25.5. The Hall–Kier alpha value is -4.51. The van der Waals surface area contributed by atoms with Crippen LogP contribution in [-0.4, -0.2) is 33.3 Å².